The quantitative estimate of drug-likeness (QED) is 0.857. The van der Waals surface area contributed by atoms with Gasteiger partial charge in [0.05, 0.1) is 12.7 Å². The van der Waals surface area contributed by atoms with Crippen molar-refractivity contribution in [1.82, 2.24) is 0 Å². The van der Waals surface area contributed by atoms with Crippen molar-refractivity contribution in [3.63, 3.8) is 0 Å². The van der Waals surface area contributed by atoms with Crippen LogP contribution in [0.2, 0.25) is 0 Å². The maximum Gasteiger partial charge on any atom is 0.142 e. The lowest BCUT2D eigenvalue weighted by Crippen LogP contribution is -2.17. The summed E-state index contributed by atoms with van der Waals surface area (Å²) in [4.78, 5) is 12.0. The molecular weight excluding hydrogens is 287 g/mol. The van der Waals surface area contributed by atoms with Crippen molar-refractivity contribution < 1.29 is 13.9 Å². The van der Waals surface area contributed by atoms with E-state index in [0.29, 0.717) is 12.2 Å². The number of ketones is 1. The number of rotatable bonds is 3. The van der Waals surface area contributed by atoms with E-state index in [2.05, 4.69) is 15.9 Å². The summed E-state index contributed by atoms with van der Waals surface area (Å²) in [6.07, 6.45) is 1.02. The first-order chi connectivity index (χ1) is 8.06. The van der Waals surface area contributed by atoms with Crippen molar-refractivity contribution in [2.75, 3.05) is 6.61 Å². The van der Waals surface area contributed by atoms with Gasteiger partial charge in [0.1, 0.15) is 11.6 Å². The molecule has 2 atom stereocenters. The highest BCUT2D eigenvalue weighted by atomic mass is 79.9. The minimum atomic E-state index is -0.325. The Morgan fingerprint density at radius 2 is 2.35 bits per heavy atom. The lowest BCUT2D eigenvalue weighted by atomic mass is 9.95. The van der Waals surface area contributed by atoms with Crippen LogP contribution in [0.4, 0.5) is 4.39 Å². The Balaban J connectivity index is 2.05. The molecular formula is C13H14BrFO2. The molecule has 0 N–H and O–H groups in total. The van der Waals surface area contributed by atoms with Crippen LogP contribution in [0.25, 0.3) is 0 Å². The van der Waals surface area contributed by atoms with Gasteiger partial charge in [0, 0.05) is 16.8 Å². The third-order valence-electron chi connectivity index (χ3n) is 3.03. The number of benzene rings is 1. The summed E-state index contributed by atoms with van der Waals surface area (Å²) in [7, 11) is 0. The molecule has 0 amide bonds. The van der Waals surface area contributed by atoms with Crippen molar-refractivity contribution in [3.05, 3.63) is 34.1 Å². The fourth-order valence-electron chi connectivity index (χ4n) is 2.05. The van der Waals surface area contributed by atoms with Crippen LogP contribution < -0.4 is 0 Å². The van der Waals surface area contributed by atoms with Gasteiger partial charge >= 0.3 is 0 Å². The summed E-state index contributed by atoms with van der Waals surface area (Å²) in [5, 5.41) is 0. The smallest absolute Gasteiger partial charge is 0.142 e. The van der Waals surface area contributed by atoms with E-state index in [4.69, 9.17) is 4.74 Å². The highest BCUT2D eigenvalue weighted by molar-refractivity contribution is 9.10. The second-order valence-electron chi connectivity index (χ2n) is 4.46. The van der Waals surface area contributed by atoms with Crippen molar-refractivity contribution in [2.45, 2.75) is 25.9 Å². The molecule has 1 aliphatic heterocycles. The van der Waals surface area contributed by atoms with E-state index in [1.54, 1.807) is 12.1 Å². The number of hydrogen-bond donors (Lipinski definition) is 0. The van der Waals surface area contributed by atoms with Crippen LogP contribution >= 0.6 is 15.9 Å². The molecule has 0 bridgehead atoms. The number of Topliss-reactive ketones (excluding diaryl/α,β-unsaturated/α-hetero) is 1. The largest absolute Gasteiger partial charge is 0.378 e. The number of hydrogen-bond acceptors (Lipinski definition) is 2. The van der Waals surface area contributed by atoms with Gasteiger partial charge in [-0.05, 0) is 37.1 Å². The fraction of sp³-hybridized carbons (Fsp3) is 0.462. The minimum Gasteiger partial charge on any atom is -0.378 e. The maximum absolute atomic E-state index is 13.5. The molecule has 17 heavy (non-hydrogen) atoms. The first-order valence-corrected chi connectivity index (χ1v) is 6.44. The van der Waals surface area contributed by atoms with Gasteiger partial charge in [-0.1, -0.05) is 15.9 Å². The van der Waals surface area contributed by atoms with Crippen molar-refractivity contribution in [1.29, 1.82) is 0 Å². The number of halogens is 2. The van der Waals surface area contributed by atoms with Gasteiger partial charge in [0.25, 0.3) is 0 Å². The van der Waals surface area contributed by atoms with Crippen molar-refractivity contribution in [2.24, 2.45) is 5.92 Å². The van der Waals surface area contributed by atoms with Crippen LogP contribution in [-0.4, -0.2) is 18.5 Å². The third-order valence-corrected chi connectivity index (χ3v) is 3.52. The molecule has 2 unspecified atom stereocenters. The normalized spacial score (nSPS) is 23.9. The summed E-state index contributed by atoms with van der Waals surface area (Å²) in [6, 6.07) is 4.66. The van der Waals surface area contributed by atoms with Gasteiger partial charge in [-0.2, -0.15) is 0 Å². The molecule has 2 rings (SSSR count). The summed E-state index contributed by atoms with van der Waals surface area (Å²) in [5.41, 5.74) is 0.448. The van der Waals surface area contributed by atoms with E-state index < -0.39 is 0 Å². The minimum absolute atomic E-state index is 0.0614. The molecule has 1 heterocycles. The van der Waals surface area contributed by atoms with Gasteiger partial charge in [-0.15, -0.1) is 0 Å². The number of carbonyl (C=O) groups excluding carboxylic acids is 1. The first kappa shape index (κ1) is 12.7. The summed E-state index contributed by atoms with van der Waals surface area (Å²) >= 11 is 3.28. The van der Waals surface area contributed by atoms with E-state index in [1.807, 2.05) is 6.92 Å². The van der Waals surface area contributed by atoms with Crippen molar-refractivity contribution in [3.8, 4) is 0 Å². The monoisotopic (exact) mass is 300 g/mol. The van der Waals surface area contributed by atoms with Crippen LogP contribution in [0.5, 0.6) is 0 Å². The Morgan fingerprint density at radius 3 is 3.00 bits per heavy atom. The Morgan fingerprint density at radius 1 is 1.59 bits per heavy atom. The fourth-order valence-corrected chi connectivity index (χ4v) is 2.46. The van der Waals surface area contributed by atoms with Gasteiger partial charge in [-0.3, -0.25) is 4.79 Å². The van der Waals surface area contributed by atoms with Gasteiger partial charge in [-0.25, -0.2) is 4.39 Å². The first-order valence-electron chi connectivity index (χ1n) is 5.64. The molecule has 92 valence electrons. The molecule has 0 aliphatic carbocycles. The Kier molecular flexibility index (Phi) is 3.94. The Labute approximate surface area is 108 Å². The zero-order chi connectivity index (χ0) is 12.4. The topological polar surface area (TPSA) is 26.3 Å². The average molecular weight is 301 g/mol. The third kappa shape index (κ3) is 3.13. The summed E-state index contributed by atoms with van der Waals surface area (Å²) in [6.45, 7) is 2.42. The standard InChI is InChI=1S/C13H14BrFO2/c1-8-4-10(7-17-8)13(16)6-9-5-11(14)2-3-12(9)15/h2-3,5,8,10H,4,6-7H2,1H3. The second kappa shape index (κ2) is 5.27. The summed E-state index contributed by atoms with van der Waals surface area (Å²) < 4.78 is 19.6. The van der Waals surface area contributed by atoms with E-state index in [9.17, 15) is 9.18 Å². The Bertz CT molecular complexity index is 433. The lowest BCUT2D eigenvalue weighted by Gasteiger charge is -2.07. The molecule has 0 radical (unpaired) electrons. The summed E-state index contributed by atoms with van der Waals surface area (Å²) in [5.74, 6) is -0.344. The molecule has 1 aliphatic rings. The van der Waals surface area contributed by atoms with Crippen LogP contribution in [0.15, 0.2) is 22.7 Å². The lowest BCUT2D eigenvalue weighted by molar-refractivity contribution is -0.122. The highest BCUT2D eigenvalue weighted by Gasteiger charge is 2.28. The maximum atomic E-state index is 13.5. The van der Waals surface area contributed by atoms with Crippen LogP contribution in [-0.2, 0) is 16.0 Å². The molecule has 1 aromatic carbocycles. The second-order valence-corrected chi connectivity index (χ2v) is 5.37. The SMILES string of the molecule is CC1CC(C(=O)Cc2cc(Br)ccc2F)CO1. The van der Waals surface area contributed by atoms with Crippen LogP contribution in [0, 0.1) is 11.7 Å². The molecule has 2 nitrogen and oxygen atoms in total. The van der Waals surface area contributed by atoms with E-state index in [0.717, 1.165) is 10.9 Å². The van der Waals surface area contributed by atoms with E-state index in [1.165, 1.54) is 6.07 Å². The molecule has 1 fully saturated rings. The molecule has 0 spiro atoms. The van der Waals surface area contributed by atoms with Gasteiger partial charge in [0.2, 0.25) is 0 Å². The number of carbonyl (C=O) groups is 1. The molecule has 1 saturated heterocycles. The molecule has 0 aromatic heterocycles. The zero-order valence-corrected chi connectivity index (χ0v) is 11.2. The Hall–Kier alpha value is -0.740. The molecule has 4 heteroatoms. The zero-order valence-electron chi connectivity index (χ0n) is 9.58. The van der Waals surface area contributed by atoms with Crippen LogP contribution in [0.3, 0.4) is 0 Å². The van der Waals surface area contributed by atoms with E-state index >= 15 is 0 Å². The van der Waals surface area contributed by atoms with E-state index in [-0.39, 0.29) is 30.0 Å². The van der Waals surface area contributed by atoms with Gasteiger partial charge in [0.15, 0.2) is 0 Å². The molecule has 1 aromatic rings. The number of ether oxygens (including phenoxy) is 1. The van der Waals surface area contributed by atoms with Gasteiger partial charge < -0.3 is 4.74 Å². The van der Waals surface area contributed by atoms with Crippen LogP contribution in [0.1, 0.15) is 18.9 Å². The average Bonchev–Trinajstić information content (AvgIpc) is 2.70. The predicted molar refractivity (Wildman–Crippen MR) is 66.3 cm³/mol. The van der Waals surface area contributed by atoms with Crippen molar-refractivity contribution >= 4 is 21.7 Å². The highest BCUT2D eigenvalue weighted by Crippen LogP contribution is 2.23. The predicted octanol–water partition coefficient (Wildman–Crippen LogP) is 3.12. The molecule has 0 saturated carbocycles.